The van der Waals surface area contributed by atoms with E-state index in [2.05, 4.69) is 10.3 Å². The summed E-state index contributed by atoms with van der Waals surface area (Å²) in [4.78, 5) is 5.29. The van der Waals surface area contributed by atoms with Crippen molar-refractivity contribution in [1.82, 2.24) is 10.3 Å². The van der Waals surface area contributed by atoms with Gasteiger partial charge in [-0.3, -0.25) is 0 Å². The summed E-state index contributed by atoms with van der Waals surface area (Å²) in [6, 6.07) is 4.85. The number of hydrogen-bond donors (Lipinski definition) is 1. The minimum absolute atomic E-state index is 0.201. The van der Waals surface area contributed by atoms with Gasteiger partial charge in [-0.1, -0.05) is 17.7 Å². The van der Waals surface area contributed by atoms with Crippen molar-refractivity contribution in [2.45, 2.75) is 13.0 Å². The molecule has 1 atom stereocenters. The SMILES string of the molecule is CNC(C)c1cnc(-c2c(F)cccc2Cl)s1. The van der Waals surface area contributed by atoms with E-state index < -0.39 is 0 Å². The van der Waals surface area contributed by atoms with Crippen molar-refractivity contribution in [2.24, 2.45) is 0 Å². The number of nitrogens with zero attached hydrogens (tertiary/aromatic N) is 1. The normalized spacial score (nSPS) is 12.7. The minimum atomic E-state index is -0.337. The van der Waals surface area contributed by atoms with Crippen molar-refractivity contribution in [3.05, 3.63) is 40.1 Å². The van der Waals surface area contributed by atoms with E-state index in [1.165, 1.54) is 17.4 Å². The van der Waals surface area contributed by atoms with Crippen LogP contribution >= 0.6 is 22.9 Å². The Kier molecular flexibility index (Phi) is 3.76. The zero-order valence-corrected chi connectivity index (χ0v) is 11.1. The van der Waals surface area contributed by atoms with E-state index in [-0.39, 0.29) is 11.9 Å². The molecule has 1 aromatic heterocycles. The highest BCUT2D eigenvalue weighted by molar-refractivity contribution is 7.15. The molecule has 1 aromatic carbocycles. The van der Waals surface area contributed by atoms with Gasteiger partial charge < -0.3 is 5.32 Å². The fourth-order valence-corrected chi connectivity index (χ4v) is 2.79. The molecule has 0 saturated heterocycles. The maximum absolute atomic E-state index is 13.7. The first-order valence-electron chi connectivity index (χ1n) is 5.21. The van der Waals surface area contributed by atoms with Gasteiger partial charge in [0.2, 0.25) is 0 Å². The highest BCUT2D eigenvalue weighted by Crippen LogP contribution is 2.34. The van der Waals surface area contributed by atoms with Crippen LogP contribution in [0.4, 0.5) is 4.39 Å². The van der Waals surface area contributed by atoms with Gasteiger partial charge in [0.1, 0.15) is 10.8 Å². The van der Waals surface area contributed by atoms with Crippen LogP contribution in [0.25, 0.3) is 10.6 Å². The van der Waals surface area contributed by atoms with E-state index in [9.17, 15) is 4.39 Å². The minimum Gasteiger partial charge on any atom is -0.312 e. The van der Waals surface area contributed by atoms with Gasteiger partial charge in [-0.2, -0.15) is 0 Å². The Hall–Kier alpha value is -0.970. The number of thiazole rings is 1. The molecule has 0 bridgehead atoms. The Morgan fingerprint density at radius 2 is 2.24 bits per heavy atom. The van der Waals surface area contributed by atoms with Crippen molar-refractivity contribution in [2.75, 3.05) is 7.05 Å². The molecule has 1 unspecified atom stereocenters. The molecule has 0 aliphatic rings. The third-order valence-corrected chi connectivity index (χ3v) is 4.07. The fourth-order valence-electron chi connectivity index (χ4n) is 1.45. The predicted octanol–water partition coefficient (Wildman–Crippen LogP) is 3.88. The number of rotatable bonds is 3. The van der Waals surface area contributed by atoms with Gasteiger partial charge >= 0.3 is 0 Å². The molecular weight excluding hydrogens is 259 g/mol. The van der Waals surface area contributed by atoms with Gasteiger partial charge in [0.05, 0.1) is 10.6 Å². The van der Waals surface area contributed by atoms with Crippen LogP contribution in [0.2, 0.25) is 5.02 Å². The van der Waals surface area contributed by atoms with Crippen LogP contribution in [0, 0.1) is 5.82 Å². The monoisotopic (exact) mass is 270 g/mol. The summed E-state index contributed by atoms with van der Waals surface area (Å²) in [6.07, 6.45) is 1.75. The molecule has 17 heavy (non-hydrogen) atoms. The van der Waals surface area contributed by atoms with Crippen LogP contribution in [0.15, 0.2) is 24.4 Å². The largest absolute Gasteiger partial charge is 0.312 e. The number of nitrogens with one attached hydrogen (secondary N) is 1. The topological polar surface area (TPSA) is 24.9 Å². The van der Waals surface area contributed by atoms with Gasteiger partial charge in [0.25, 0.3) is 0 Å². The van der Waals surface area contributed by atoms with Crippen molar-refractivity contribution in [1.29, 1.82) is 0 Å². The summed E-state index contributed by atoms with van der Waals surface area (Å²) in [5, 5.41) is 4.13. The molecule has 90 valence electrons. The highest BCUT2D eigenvalue weighted by atomic mass is 35.5. The smallest absolute Gasteiger partial charge is 0.134 e. The van der Waals surface area contributed by atoms with Crippen molar-refractivity contribution in [3.63, 3.8) is 0 Å². The molecule has 0 spiro atoms. The predicted molar refractivity (Wildman–Crippen MR) is 70.0 cm³/mol. The lowest BCUT2D eigenvalue weighted by atomic mass is 10.2. The van der Waals surface area contributed by atoms with Crippen molar-refractivity contribution < 1.29 is 4.39 Å². The molecular formula is C12H12ClFN2S. The quantitative estimate of drug-likeness (QED) is 0.915. The lowest BCUT2D eigenvalue weighted by Crippen LogP contribution is -2.10. The van der Waals surface area contributed by atoms with Crippen LogP contribution in [-0.4, -0.2) is 12.0 Å². The molecule has 0 aliphatic heterocycles. The second kappa shape index (κ2) is 5.12. The zero-order valence-electron chi connectivity index (χ0n) is 9.50. The zero-order chi connectivity index (χ0) is 12.4. The molecule has 5 heteroatoms. The Balaban J connectivity index is 2.44. The first-order chi connectivity index (χ1) is 8.13. The van der Waals surface area contributed by atoms with E-state index in [0.717, 1.165) is 4.88 Å². The van der Waals surface area contributed by atoms with Crippen LogP contribution in [0.1, 0.15) is 17.8 Å². The van der Waals surface area contributed by atoms with E-state index in [4.69, 9.17) is 11.6 Å². The van der Waals surface area contributed by atoms with Gasteiger partial charge in [-0.15, -0.1) is 11.3 Å². The maximum atomic E-state index is 13.7. The summed E-state index contributed by atoms with van der Waals surface area (Å²) in [5.74, 6) is -0.337. The van der Waals surface area contributed by atoms with E-state index in [1.807, 2.05) is 14.0 Å². The number of hydrogen-bond acceptors (Lipinski definition) is 3. The van der Waals surface area contributed by atoms with Gasteiger partial charge in [0.15, 0.2) is 0 Å². The number of halogens is 2. The second-order valence-electron chi connectivity index (χ2n) is 3.67. The lowest BCUT2D eigenvalue weighted by Gasteiger charge is -2.05. The summed E-state index contributed by atoms with van der Waals surface area (Å²) in [7, 11) is 1.88. The van der Waals surface area contributed by atoms with Crippen molar-refractivity contribution in [3.8, 4) is 10.6 Å². The summed E-state index contributed by atoms with van der Waals surface area (Å²) >= 11 is 7.45. The molecule has 0 aliphatic carbocycles. The first-order valence-corrected chi connectivity index (χ1v) is 6.40. The van der Waals surface area contributed by atoms with Crippen LogP contribution in [0.5, 0.6) is 0 Å². The molecule has 0 amide bonds. The molecule has 0 radical (unpaired) electrons. The third-order valence-electron chi connectivity index (χ3n) is 2.56. The highest BCUT2D eigenvalue weighted by Gasteiger charge is 2.15. The van der Waals surface area contributed by atoms with Gasteiger partial charge in [-0.25, -0.2) is 9.37 Å². The molecule has 1 heterocycles. The third kappa shape index (κ3) is 2.49. The Labute approximate surface area is 108 Å². The van der Waals surface area contributed by atoms with E-state index >= 15 is 0 Å². The lowest BCUT2D eigenvalue weighted by molar-refractivity contribution is 0.631. The summed E-state index contributed by atoms with van der Waals surface area (Å²) in [6.45, 7) is 2.03. The average molecular weight is 271 g/mol. The van der Waals surface area contributed by atoms with Crippen molar-refractivity contribution >= 4 is 22.9 Å². The van der Waals surface area contributed by atoms with Gasteiger partial charge in [-0.05, 0) is 26.1 Å². The maximum Gasteiger partial charge on any atom is 0.134 e. The number of benzene rings is 1. The standard InChI is InChI=1S/C12H12ClFN2S/c1-7(15-2)10-6-16-12(17-10)11-8(13)4-3-5-9(11)14/h3-7,15H,1-2H3. The molecule has 2 nitrogen and oxygen atoms in total. The molecule has 0 fully saturated rings. The molecule has 1 N–H and O–H groups in total. The Bertz CT molecular complexity index is 507. The van der Waals surface area contributed by atoms with Crippen LogP contribution in [0.3, 0.4) is 0 Å². The average Bonchev–Trinajstić information content (AvgIpc) is 2.77. The number of aromatic nitrogens is 1. The first kappa shape index (κ1) is 12.5. The Morgan fingerprint density at radius 1 is 1.47 bits per heavy atom. The van der Waals surface area contributed by atoms with Crippen LogP contribution < -0.4 is 5.32 Å². The van der Waals surface area contributed by atoms with E-state index in [1.54, 1.807) is 18.3 Å². The van der Waals surface area contributed by atoms with Gasteiger partial charge in [0, 0.05) is 17.1 Å². The summed E-state index contributed by atoms with van der Waals surface area (Å²) in [5.41, 5.74) is 0.383. The molecule has 0 saturated carbocycles. The fraction of sp³-hybridized carbons (Fsp3) is 0.250. The molecule has 2 aromatic rings. The molecule has 2 rings (SSSR count). The second-order valence-corrected chi connectivity index (χ2v) is 5.14. The Morgan fingerprint density at radius 3 is 2.88 bits per heavy atom. The van der Waals surface area contributed by atoms with E-state index in [0.29, 0.717) is 15.6 Å². The summed E-state index contributed by atoms with van der Waals surface area (Å²) < 4.78 is 13.7. The van der Waals surface area contributed by atoms with Crippen LogP contribution in [-0.2, 0) is 0 Å².